The summed E-state index contributed by atoms with van der Waals surface area (Å²) in [5, 5.41) is 2.82. The van der Waals surface area contributed by atoms with Crippen molar-refractivity contribution in [2.24, 2.45) is 0 Å². The van der Waals surface area contributed by atoms with Gasteiger partial charge in [0.15, 0.2) is 6.61 Å². The van der Waals surface area contributed by atoms with Crippen LogP contribution in [-0.2, 0) is 14.3 Å². The van der Waals surface area contributed by atoms with Crippen LogP contribution in [0.2, 0.25) is 0 Å². The SMILES string of the molecule is CCOC(=O)C[C@H](NC(=O)COc1ccc(OC)cc1)c1cccc(OC)c1. The second-order valence-electron chi connectivity index (χ2n) is 5.87. The van der Waals surface area contributed by atoms with Gasteiger partial charge in [-0.15, -0.1) is 0 Å². The molecule has 2 aromatic carbocycles. The molecule has 0 fully saturated rings. The van der Waals surface area contributed by atoms with E-state index < -0.39 is 12.0 Å². The van der Waals surface area contributed by atoms with Crippen molar-refractivity contribution in [3.63, 3.8) is 0 Å². The number of nitrogens with one attached hydrogen (secondary N) is 1. The lowest BCUT2D eigenvalue weighted by Gasteiger charge is -2.19. The maximum atomic E-state index is 12.4. The van der Waals surface area contributed by atoms with E-state index in [0.29, 0.717) is 17.2 Å². The van der Waals surface area contributed by atoms with Crippen LogP contribution in [0, 0.1) is 0 Å². The Kier molecular flexibility index (Phi) is 8.14. The molecule has 7 heteroatoms. The van der Waals surface area contributed by atoms with Crippen molar-refractivity contribution in [2.75, 3.05) is 27.4 Å². The van der Waals surface area contributed by atoms with E-state index in [1.165, 1.54) is 0 Å². The van der Waals surface area contributed by atoms with Gasteiger partial charge in [0, 0.05) is 0 Å². The van der Waals surface area contributed by atoms with E-state index in [4.69, 9.17) is 18.9 Å². The van der Waals surface area contributed by atoms with Gasteiger partial charge in [-0.25, -0.2) is 0 Å². The molecule has 0 saturated carbocycles. The van der Waals surface area contributed by atoms with Gasteiger partial charge in [-0.3, -0.25) is 9.59 Å². The van der Waals surface area contributed by atoms with Crippen molar-refractivity contribution in [3.8, 4) is 17.2 Å². The molecule has 2 rings (SSSR count). The number of methoxy groups -OCH3 is 2. The lowest BCUT2D eigenvalue weighted by Crippen LogP contribution is -2.34. The second kappa shape index (κ2) is 10.8. The molecule has 0 aliphatic rings. The molecule has 2 aromatic rings. The van der Waals surface area contributed by atoms with E-state index in [9.17, 15) is 9.59 Å². The van der Waals surface area contributed by atoms with Crippen LogP contribution < -0.4 is 19.5 Å². The van der Waals surface area contributed by atoms with Crippen LogP contribution in [0.15, 0.2) is 48.5 Å². The number of esters is 1. The molecule has 0 saturated heterocycles. The monoisotopic (exact) mass is 387 g/mol. The van der Waals surface area contributed by atoms with E-state index in [-0.39, 0.29) is 25.5 Å². The average Bonchev–Trinajstić information content (AvgIpc) is 2.72. The van der Waals surface area contributed by atoms with Gasteiger partial charge in [0.25, 0.3) is 5.91 Å². The highest BCUT2D eigenvalue weighted by Gasteiger charge is 2.20. The molecule has 0 aliphatic carbocycles. The van der Waals surface area contributed by atoms with Gasteiger partial charge in [0.05, 0.1) is 33.3 Å². The molecule has 1 amide bonds. The van der Waals surface area contributed by atoms with Gasteiger partial charge in [0.2, 0.25) is 0 Å². The number of hydrogen-bond donors (Lipinski definition) is 1. The smallest absolute Gasteiger partial charge is 0.308 e. The van der Waals surface area contributed by atoms with Crippen LogP contribution in [0.3, 0.4) is 0 Å². The van der Waals surface area contributed by atoms with Gasteiger partial charge in [-0.2, -0.15) is 0 Å². The third-order valence-electron chi connectivity index (χ3n) is 3.94. The molecule has 0 unspecified atom stereocenters. The average molecular weight is 387 g/mol. The number of benzene rings is 2. The van der Waals surface area contributed by atoms with Crippen LogP contribution >= 0.6 is 0 Å². The van der Waals surface area contributed by atoms with Crippen molar-refractivity contribution in [1.82, 2.24) is 5.32 Å². The fourth-order valence-corrected chi connectivity index (χ4v) is 2.55. The zero-order valence-electron chi connectivity index (χ0n) is 16.3. The molecule has 7 nitrogen and oxygen atoms in total. The van der Waals surface area contributed by atoms with Gasteiger partial charge < -0.3 is 24.3 Å². The highest BCUT2D eigenvalue weighted by Crippen LogP contribution is 2.22. The number of rotatable bonds is 10. The highest BCUT2D eigenvalue weighted by molar-refractivity contribution is 5.79. The Morgan fingerprint density at radius 3 is 2.29 bits per heavy atom. The number of hydrogen-bond acceptors (Lipinski definition) is 6. The Labute approximate surface area is 164 Å². The number of carbonyl (C=O) groups excluding carboxylic acids is 2. The molecule has 0 bridgehead atoms. The van der Waals surface area contributed by atoms with Gasteiger partial charge in [0.1, 0.15) is 17.2 Å². The van der Waals surface area contributed by atoms with E-state index in [0.717, 1.165) is 5.56 Å². The van der Waals surface area contributed by atoms with Crippen LogP contribution in [0.25, 0.3) is 0 Å². The van der Waals surface area contributed by atoms with Crippen molar-refractivity contribution in [3.05, 3.63) is 54.1 Å². The molecule has 0 heterocycles. The molecule has 0 aliphatic heterocycles. The van der Waals surface area contributed by atoms with Gasteiger partial charge >= 0.3 is 5.97 Å². The molecule has 150 valence electrons. The number of ether oxygens (including phenoxy) is 4. The Balaban J connectivity index is 2.02. The van der Waals surface area contributed by atoms with Crippen LogP contribution in [0.1, 0.15) is 24.9 Å². The third kappa shape index (κ3) is 6.50. The summed E-state index contributed by atoms with van der Waals surface area (Å²) in [6.45, 7) is 1.83. The summed E-state index contributed by atoms with van der Waals surface area (Å²) in [4.78, 5) is 24.3. The minimum Gasteiger partial charge on any atom is -0.497 e. The lowest BCUT2D eigenvalue weighted by atomic mass is 10.0. The van der Waals surface area contributed by atoms with E-state index >= 15 is 0 Å². The quantitative estimate of drug-likeness (QED) is 0.631. The summed E-state index contributed by atoms with van der Waals surface area (Å²) >= 11 is 0. The highest BCUT2D eigenvalue weighted by atomic mass is 16.5. The Morgan fingerprint density at radius 2 is 1.64 bits per heavy atom. The summed E-state index contributed by atoms with van der Waals surface area (Å²) in [5.41, 5.74) is 0.741. The Morgan fingerprint density at radius 1 is 0.964 bits per heavy atom. The third-order valence-corrected chi connectivity index (χ3v) is 3.94. The molecular formula is C21H25NO6. The molecule has 0 radical (unpaired) electrons. The van der Waals surface area contributed by atoms with Crippen molar-refractivity contribution in [2.45, 2.75) is 19.4 Å². The molecule has 1 atom stereocenters. The van der Waals surface area contributed by atoms with E-state index in [2.05, 4.69) is 5.32 Å². The zero-order chi connectivity index (χ0) is 20.4. The maximum absolute atomic E-state index is 12.4. The minimum atomic E-state index is -0.555. The largest absolute Gasteiger partial charge is 0.497 e. The molecule has 1 N–H and O–H groups in total. The van der Waals surface area contributed by atoms with Crippen molar-refractivity contribution >= 4 is 11.9 Å². The number of carbonyl (C=O) groups is 2. The summed E-state index contributed by atoms with van der Waals surface area (Å²) in [5.74, 6) is 1.12. The predicted molar refractivity (Wildman–Crippen MR) is 104 cm³/mol. The fourth-order valence-electron chi connectivity index (χ4n) is 2.55. The van der Waals surface area contributed by atoms with E-state index in [1.54, 1.807) is 63.6 Å². The van der Waals surface area contributed by atoms with Crippen molar-refractivity contribution < 1.29 is 28.5 Å². The molecular weight excluding hydrogens is 362 g/mol. The number of amides is 1. The predicted octanol–water partition coefficient (Wildman–Crippen LogP) is 2.89. The summed E-state index contributed by atoms with van der Waals surface area (Å²) in [6.07, 6.45) is 0.00921. The molecule has 0 spiro atoms. The van der Waals surface area contributed by atoms with Crippen LogP contribution in [0.5, 0.6) is 17.2 Å². The maximum Gasteiger partial charge on any atom is 0.308 e. The summed E-state index contributed by atoms with van der Waals surface area (Å²) in [6, 6.07) is 13.5. The second-order valence-corrected chi connectivity index (χ2v) is 5.87. The van der Waals surface area contributed by atoms with Crippen molar-refractivity contribution in [1.29, 1.82) is 0 Å². The Hall–Kier alpha value is -3.22. The lowest BCUT2D eigenvalue weighted by molar-refractivity contribution is -0.143. The van der Waals surface area contributed by atoms with Gasteiger partial charge in [-0.05, 0) is 48.9 Å². The molecule has 0 aromatic heterocycles. The van der Waals surface area contributed by atoms with Crippen LogP contribution in [-0.4, -0.2) is 39.3 Å². The van der Waals surface area contributed by atoms with E-state index in [1.807, 2.05) is 6.07 Å². The first-order valence-corrected chi connectivity index (χ1v) is 8.91. The summed E-state index contributed by atoms with van der Waals surface area (Å²) in [7, 11) is 3.13. The normalized spacial score (nSPS) is 11.2. The molecule has 28 heavy (non-hydrogen) atoms. The zero-order valence-corrected chi connectivity index (χ0v) is 16.3. The van der Waals surface area contributed by atoms with Gasteiger partial charge in [-0.1, -0.05) is 12.1 Å². The minimum absolute atomic E-state index is 0.00921. The van der Waals surface area contributed by atoms with Crippen LogP contribution in [0.4, 0.5) is 0 Å². The standard InChI is InChI=1S/C21H25NO6/c1-4-27-21(24)13-19(15-6-5-7-18(12-15)26-3)22-20(23)14-28-17-10-8-16(25-2)9-11-17/h5-12,19H,4,13-14H2,1-3H3,(H,22,23)/t19-/m0/s1. The fraction of sp³-hybridized carbons (Fsp3) is 0.333. The Bertz CT molecular complexity index is 775. The first kappa shape index (κ1) is 21.1. The first-order chi connectivity index (χ1) is 13.5. The topological polar surface area (TPSA) is 83.1 Å². The first-order valence-electron chi connectivity index (χ1n) is 8.91. The summed E-state index contributed by atoms with van der Waals surface area (Å²) < 4.78 is 20.8.